The van der Waals surface area contributed by atoms with Crippen molar-refractivity contribution < 1.29 is 4.79 Å². The molecule has 152 valence electrons. The van der Waals surface area contributed by atoms with Crippen LogP contribution in [0.5, 0.6) is 0 Å². The molecule has 29 heavy (non-hydrogen) atoms. The summed E-state index contributed by atoms with van der Waals surface area (Å²) in [7, 11) is 3.58. The molecule has 1 amide bonds. The van der Waals surface area contributed by atoms with Crippen LogP contribution in [0.2, 0.25) is 0 Å². The number of nitrogens with zero attached hydrogens (tertiary/aromatic N) is 4. The molecule has 1 aliphatic rings. The Hall–Kier alpha value is -2.51. The van der Waals surface area contributed by atoms with Gasteiger partial charge in [-0.15, -0.1) is 11.3 Å². The van der Waals surface area contributed by atoms with E-state index in [-0.39, 0.29) is 12.5 Å². The Kier molecular flexibility index (Phi) is 6.06. The number of likely N-dealkylation sites (tertiary alicyclic amines) is 1. The lowest BCUT2D eigenvalue weighted by molar-refractivity contribution is -0.119. The van der Waals surface area contributed by atoms with Crippen LogP contribution in [0, 0.1) is 0 Å². The lowest BCUT2D eigenvalue weighted by atomic mass is 10.1. The van der Waals surface area contributed by atoms with Crippen molar-refractivity contribution in [2.45, 2.75) is 25.8 Å². The van der Waals surface area contributed by atoms with Gasteiger partial charge in [-0.05, 0) is 31.5 Å². The number of hydrogen-bond donors (Lipinski definition) is 1. The number of rotatable bonds is 6. The number of nitrogens with one attached hydrogen (secondary N) is 1. The molecule has 1 aromatic carbocycles. The molecule has 1 saturated heterocycles. The minimum absolute atomic E-state index is 0.0340. The molecule has 2 aromatic heterocycles. The molecule has 0 bridgehead atoms. The van der Waals surface area contributed by atoms with E-state index in [0.29, 0.717) is 0 Å². The van der Waals surface area contributed by atoms with E-state index in [1.54, 1.807) is 18.4 Å². The van der Waals surface area contributed by atoms with E-state index >= 15 is 0 Å². The second-order valence-electron chi connectivity index (χ2n) is 7.53. The smallest absolute Gasteiger partial charge is 0.239 e. The minimum atomic E-state index is -0.0340. The number of anilines is 1. The zero-order chi connectivity index (χ0) is 20.2. The fraction of sp³-hybridized carbons (Fsp3) is 0.409. The van der Waals surface area contributed by atoms with Gasteiger partial charge in [-0.1, -0.05) is 36.8 Å². The monoisotopic (exact) mass is 409 g/mol. The van der Waals surface area contributed by atoms with Gasteiger partial charge in [-0.3, -0.25) is 9.69 Å². The number of thiophene rings is 1. The van der Waals surface area contributed by atoms with Crippen LogP contribution in [-0.2, 0) is 11.3 Å². The largest absolute Gasteiger partial charge is 0.358 e. The molecule has 3 aromatic rings. The van der Waals surface area contributed by atoms with Crippen LogP contribution in [-0.4, -0.2) is 54.5 Å². The fourth-order valence-electron chi connectivity index (χ4n) is 3.83. The Labute approximate surface area is 175 Å². The summed E-state index contributed by atoms with van der Waals surface area (Å²) in [6, 6.07) is 10.3. The maximum absolute atomic E-state index is 12.0. The highest BCUT2D eigenvalue weighted by molar-refractivity contribution is 7.17. The van der Waals surface area contributed by atoms with E-state index in [1.807, 2.05) is 30.1 Å². The molecule has 1 N–H and O–H groups in total. The molecule has 0 radical (unpaired) electrons. The lowest BCUT2D eigenvalue weighted by Gasteiger charge is -2.26. The van der Waals surface area contributed by atoms with Crippen LogP contribution >= 0.6 is 11.3 Å². The van der Waals surface area contributed by atoms with E-state index in [0.717, 1.165) is 52.6 Å². The SMILES string of the molecule is CNC(=O)CN(C)c1nc(CN2CCCCC2)nc2scc(-c3ccccc3)c12. The number of aromatic nitrogens is 2. The second kappa shape index (κ2) is 8.88. The number of amides is 1. The number of carbonyl (C=O) groups excluding carboxylic acids is 1. The van der Waals surface area contributed by atoms with E-state index in [9.17, 15) is 4.79 Å². The third kappa shape index (κ3) is 4.41. The molecule has 0 spiro atoms. The van der Waals surface area contributed by atoms with Crippen molar-refractivity contribution in [3.8, 4) is 11.1 Å². The van der Waals surface area contributed by atoms with Gasteiger partial charge in [0.15, 0.2) is 0 Å². The number of benzene rings is 1. The van der Waals surface area contributed by atoms with E-state index in [4.69, 9.17) is 9.97 Å². The first kappa shape index (κ1) is 19.8. The van der Waals surface area contributed by atoms with Gasteiger partial charge in [-0.25, -0.2) is 9.97 Å². The van der Waals surface area contributed by atoms with Crippen LogP contribution in [0.4, 0.5) is 5.82 Å². The minimum Gasteiger partial charge on any atom is -0.358 e. The van der Waals surface area contributed by atoms with E-state index in [1.165, 1.54) is 19.3 Å². The summed E-state index contributed by atoms with van der Waals surface area (Å²) in [5, 5.41) is 5.88. The van der Waals surface area contributed by atoms with Crippen LogP contribution in [0.15, 0.2) is 35.7 Å². The molecule has 0 atom stereocenters. The van der Waals surface area contributed by atoms with Gasteiger partial charge < -0.3 is 10.2 Å². The maximum Gasteiger partial charge on any atom is 0.239 e. The average molecular weight is 410 g/mol. The molecule has 3 heterocycles. The molecule has 1 aliphatic heterocycles. The van der Waals surface area contributed by atoms with Gasteiger partial charge in [-0.2, -0.15) is 0 Å². The predicted molar refractivity (Wildman–Crippen MR) is 119 cm³/mol. The first-order valence-electron chi connectivity index (χ1n) is 10.1. The van der Waals surface area contributed by atoms with Gasteiger partial charge in [0, 0.05) is 25.0 Å². The standard InChI is InChI=1S/C22H27N5OS/c1-23-19(28)14-26(2)21-20-17(16-9-5-3-6-10-16)15-29-22(20)25-18(24-21)13-27-11-7-4-8-12-27/h3,5-6,9-10,15H,4,7-8,11-14H2,1-2H3,(H,23,28). The van der Waals surface area contributed by atoms with Crippen molar-refractivity contribution >= 4 is 33.3 Å². The van der Waals surface area contributed by atoms with Crippen LogP contribution < -0.4 is 10.2 Å². The summed E-state index contributed by atoms with van der Waals surface area (Å²) in [6.07, 6.45) is 3.79. The second-order valence-corrected chi connectivity index (χ2v) is 8.38. The molecule has 0 saturated carbocycles. The van der Waals surface area contributed by atoms with Crippen molar-refractivity contribution in [2.75, 3.05) is 38.6 Å². The fourth-order valence-corrected chi connectivity index (χ4v) is 4.79. The highest BCUT2D eigenvalue weighted by atomic mass is 32.1. The van der Waals surface area contributed by atoms with E-state index < -0.39 is 0 Å². The van der Waals surface area contributed by atoms with Gasteiger partial charge >= 0.3 is 0 Å². The molecule has 0 unspecified atom stereocenters. The summed E-state index contributed by atoms with van der Waals surface area (Å²) in [6.45, 7) is 3.22. The average Bonchev–Trinajstić information content (AvgIpc) is 3.18. The third-order valence-electron chi connectivity index (χ3n) is 5.38. The molecule has 0 aliphatic carbocycles. The first-order valence-corrected chi connectivity index (χ1v) is 11.0. The summed E-state index contributed by atoms with van der Waals surface area (Å²) in [5.41, 5.74) is 2.26. The van der Waals surface area contributed by atoms with Gasteiger partial charge in [0.05, 0.1) is 18.5 Å². The molecule has 1 fully saturated rings. The summed E-state index contributed by atoms with van der Waals surface area (Å²) in [5.74, 6) is 1.62. The third-order valence-corrected chi connectivity index (χ3v) is 6.25. The molecular formula is C22H27N5OS. The Balaban J connectivity index is 1.77. The summed E-state index contributed by atoms with van der Waals surface area (Å²) in [4.78, 5) is 27.2. The summed E-state index contributed by atoms with van der Waals surface area (Å²) >= 11 is 1.64. The van der Waals surface area contributed by atoms with Crippen molar-refractivity contribution in [3.05, 3.63) is 41.5 Å². The zero-order valence-corrected chi connectivity index (χ0v) is 17.8. The number of fused-ring (bicyclic) bond motifs is 1. The highest BCUT2D eigenvalue weighted by Crippen LogP contribution is 2.38. The van der Waals surface area contributed by atoms with Gasteiger partial charge in [0.2, 0.25) is 5.91 Å². The molecule has 4 rings (SSSR count). The lowest BCUT2D eigenvalue weighted by Crippen LogP contribution is -2.34. The number of carbonyl (C=O) groups is 1. The quantitative estimate of drug-likeness (QED) is 0.675. The van der Waals surface area contributed by atoms with Crippen LogP contribution in [0.3, 0.4) is 0 Å². The maximum atomic E-state index is 12.0. The molecular weight excluding hydrogens is 382 g/mol. The number of likely N-dealkylation sites (N-methyl/N-ethyl adjacent to an activating group) is 2. The molecule has 7 heteroatoms. The normalized spacial score (nSPS) is 14.8. The van der Waals surface area contributed by atoms with Crippen molar-refractivity contribution in [2.24, 2.45) is 0 Å². The van der Waals surface area contributed by atoms with Gasteiger partial charge in [0.25, 0.3) is 0 Å². The highest BCUT2D eigenvalue weighted by Gasteiger charge is 2.20. The van der Waals surface area contributed by atoms with Crippen molar-refractivity contribution in [1.29, 1.82) is 0 Å². The van der Waals surface area contributed by atoms with Crippen molar-refractivity contribution in [1.82, 2.24) is 20.2 Å². The Morgan fingerprint density at radius 1 is 1.17 bits per heavy atom. The molecule has 6 nitrogen and oxygen atoms in total. The Morgan fingerprint density at radius 3 is 2.66 bits per heavy atom. The Bertz CT molecular complexity index is 982. The topological polar surface area (TPSA) is 61.4 Å². The Morgan fingerprint density at radius 2 is 1.93 bits per heavy atom. The van der Waals surface area contributed by atoms with Gasteiger partial charge in [0.1, 0.15) is 16.5 Å². The van der Waals surface area contributed by atoms with Crippen LogP contribution in [0.1, 0.15) is 25.1 Å². The van der Waals surface area contributed by atoms with Crippen molar-refractivity contribution in [3.63, 3.8) is 0 Å². The predicted octanol–water partition coefficient (Wildman–Crippen LogP) is 3.53. The summed E-state index contributed by atoms with van der Waals surface area (Å²) < 4.78 is 0. The van der Waals surface area contributed by atoms with E-state index in [2.05, 4.69) is 27.7 Å². The number of hydrogen-bond acceptors (Lipinski definition) is 6. The van der Waals surface area contributed by atoms with Crippen LogP contribution in [0.25, 0.3) is 21.3 Å². The number of piperidine rings is 1. The first-order chi connectivity index (χ1) is 14.2. The zero-order valence-electron chi connectivity index (χ0n) is 17.0.